The molecule has 0 atom stereocenters. The molecule has 22 heavy (non-hydrogen) atoms. The van der Waals surface area contributed by atoms with Gasteiger partial charge in [0.2, 0.25) is 6.33 Å². The van der Waals surface area contributed by atoms with E-state index in [1.165, 1.54) is 0 Å². The Morgan fingerprint density at radius 3 is 2.86 bits per heavy atom. The quantitative estimate of drug-likeness (QED) is 0.427. The van der Waals surface area contributed by atoms with Crippen molar-refractivity contribution in [2.24, 2.45) is 5.10 Å². The summed E-state index contributed by atoms with van der Waals surface area (Å²) in [6, 6.07) is 11.5. The maximum atomic E-state index is 5.43. The Morgan fingerprint density at radius 1 is 1.27 bits per heavy atom. The summed E-state index contributed by atoms with van der Waals surface area (Å²) in [6.45, 7) is 4.56. The molecule has 0 fully saturated rings. The minimum absolute atomic E-state index is 0.643. The van der Waals surface area contributed by atoms with Crippen molar-refractivity contribution < 1.29 is 9.25 Å². The van der Waals surface area contributed by atoms with Gasteiger partial charge < -0.3 is 4.74 Å². The van der Waals surface area contributed by atoms with Crippen molar-refractivity contribution in [3.8, 4) is 5.75 Å². The Labute approximate surface area is 127 Å². The smallest absolute Gasteiger partial charge is 0.325 e. The van der Waals surface area contributed by atoms with Gasteiger partial charge in [0, 0.05) is 11.2 Å². The van der Waals surface area contributed by atoms with Crippen LogP contribution in [0.25, 0.3) is 5.65 Å². The standard InChI is InChI=1S/C15H16N6O/c1-3-22-13-6-4-12(5-7-13)11(2)17-18-14-8-9-15-19-16-10-21(15)20-14/h4-10H,3H2,1-2H3,(H,18,20)/p+1. The minimum atomic E-state index is 0.643. The van der Waals surface area contributed by atoms with Crippen LogP contribution in [0.3, 0.4) is 0 Å². The normalized spacial score (nSPS) is 11.6. The molecule has 0 aliphatic heterocycles. The van der Waals surface area contributed by atoms with E-state index in [2.05, 4.69) is 25.8 Å². The number of nitrogens with zero attached hydrogens (tertiary/aromatic N) is 4. The van der Waals surface area contributed by atoms with Crippen molar-refractivity contribution in [1.82, 2.24) is 15.3 Å². The van der Waals surface area contributed by atoms with Crippen LogP contribution in [-0.4, -0.2) is 27.6 Å². The third-order valence-electron chi connectivity index (χ3n) is 3.12. The first-order chi connectivity index (χ1) is 10.8. The van der Waals surface area contributed by atoms with E-state index in [-0.39, 0.29) is 0 Å². The lowest BCUT2D eigenvalue weighted by Crippen LogP contribution is -2.24. The Morgan fingerprint density at radius 2 is 2.09 bits per heavy atom. The van der Waals surface area contributed by atoms with Crippen LogP contribution in [0.1, 0.15) is 19.4 Å². The van der Waals surface area contributed by atoms with E-state index < -0.39 is 0 Å². The number of ether oxygens (including phenoxy) is 1. The predicted octanol–water partition coefficient (Wildman–Crippen LogP) is 1.78. The van der Waals surface area contributed by atoms with Crippen LogP contribution in [0, 0.1) is 0 Å². The van der Waals surface area contributed by atoms with Gasteiger partial charge in [0.25, 0.3) is 0 Å². The van der Waals surface area contributed by atoms with E-state index in [1.807, 2.05) is 50.2 Å². The SMILES string of the molecule is CCOc1ccc(C(C)=NNc2ccc3n[nH]c[n+]3n2)cc1. The van der Waals surface area contributed by atoms with Gasteiger partial charge >= 0.3 is 5.65 Å². The molecule has 0 saturated carbocycles. The summed E-state index contributed by atoms with van der Waals surface area (Å²) in [5.41, 5.74) is 5.58. The zero-order chi connectivity index (χ0) is 15.4. The zero-order valence-electron chi connectivity index (χ0n) is 12.4. The van der Waals surface area contributed by atoms with Crippen molar-refractivity contribution in [1.29, 1.82) is 0 Å². The summed E-state index contributed by atoms with van der Waals surface area (Å²) in [5, 5.41) is 15.4. The van der Waals surface area contributed by atoms with Gasteiger partial charge in [0.15, 0.2) is 5.82 Å². The van der Waals surface area contributed by atoms with E-state index in [4.69, 9.17) is 4.74 Å². The number of fused-ring (bicyclic) bond motifs is 1. The lowest BCUT2D eigenvalue weighted by atomic mass is 10.1. The molecule has 7 nitrogen and oxygen atoms in total. The molecule has 0 aliphatic rings. The highest BCUT2D eigenvalue weighted by atomic mass is 16.5. The van der Waals surface area contributed by atoms with Crippen molar-refractivity contribution in [2.45, 2.75) is 13.8 Å². The Balaban J connectivity index is 1.73. The van der Waals surface area contributed by atoms with Crippen LogP contribution in [0.5, 0.6) is 5.75 Å². The monoisotopic (exact) mass is 297 g/mol. The summed E-state index contributed by atoms with van der Waals surface area (Å²) in [5.74, 6) is 1.50. The molecule has 0 radical (unpaired) electrons. The second-order valence-corrected chi connectivity index (χ2v) is 4.66. The fourth-order valence-electron chi connectivity index (χ4n) is 1.99. The Kier molecular flexibility index (Phi) is 3.95. The second kappa shape index (κ2) is 6.21. The van der Waals surface area contributed by atoms with Crippen LogP contribution >= 0.6 is 0 Å². The molecule has 112 valence electrons. The van der Waals surface area contributed by atoms with Gasteiger partial charge in [-0.05, 0) is 49.7 Å². The first-order valence-corrected chi connectivity index (χ1v) is 7.02. The number of hydrogen-bond donors (Lipinski definition) is 2. The fourth-order valence-corrected chi connectivity index (χ4v) is 1.99. The maximum absolute atomic E-state index is 5.43. The van der Waals surface area contributed by atoms with E-state index in [0.29, 0.717) is 12.4 Å². The Hall–Kier alpha value is -2.96. The van der Waals surface area contributed by atoms with Gasteiger partial charge in [-0.3, -0.25) is 5.43 Å². The lowest BCUT2D eigenvalue weighted by molar-refractivity contribution is -0.579. The van der Waals surface area contributed by atoms with Crippen LogP contribution in [-0.2, 0) is 0 Å². The highest BCUT2D eigenvalue weighted by Crippen LogP contribution is 2.13. The lowest BCUT2D eigenvalue weighted by Gasteiger charge is -2.05. The van der Waals surface area contributed by atoms with Crippen molar-refractivity contribution in [3.05, 3.63) is 48.3 Å². The number of rotatable bonds is 5. The van der Waals surface area contributed by atoms with E-state index >= 15 is 0 Å². The topological polar surface area (TPSA) is 79.3 Å². The maximum Gasteiger partial charge on any atom is 0.325 e. The summed E-state index contributed by atoms with van der Waals surface area (Å²) in [4.78, 5) is 0. The van der Waals surface area contributed by atoms with Crippen LogP contribution < -0.4 is 14.7 Å². The summed E-state index contributed by atoms with van der Waals surface area (Å²) < 4.78 is 7.07. The molecule has 0 unspecified atom stereocenters. The van der Waals surface area contributed by atoms with Crippen molar-refractivity contribution >= 4 is 17.2 Å². The highest BCUT2D eigenvalue weighted by Gasteiger charge is 2.05. The van der Waals surface area contributed by atoms with Crippen LogP contribution in [0.4, 0.5) is 5.82 Å². The zero-order valence-corrected chi connectivity index (χ0v) is 12.4. The number of hydrazone groups is 1. The van der Waals surface area contributed by atoms with Gasteiger partial charge in [-0.15, -0.1) is 9.61 Å². The largest absolute Gasteiger partial charge is 0.494 e. The molecule has 1 aromatic carbocycles. The highest BCUT2D eigenvalue weighted by molar-refractivity contribution is 5.99. The number of aromatic amines is 1. The van der Waals surface area contributed by atoms with E-state index in [9.17, 15) is 0 Å². The average Bonchev–Trinajstić information content (AvgIpc) is 3.01. The second-order valence-electron chi connectivity index (χ2n) is 4.66. The van der Waals surface area contributed by atoms with Crippen molar-refractivity contribution in [3.63, 3.8) is 0 Å². The number of hydrogen-bond acceptors (Lipinski definition) is 5. The molecule has 0 bridgehead atoms. The van der Waals surface area contributed by atoms with Crippen LogP contribution in [0.2, 0.25) is 0 Å². The molecule has 2 N–H and O–H groups in total. The first kappa shape index (κ1) is 14.0. The number of H-pyrrole nitrogens is 1. The molecule has 3 rings (SSSR count). The van der Waals surface area contributed by atoms with Gasteiger partial charge in [-0.1, -0.05) is 5.10 Å². The number of nitrogens with one attached hydrogen (secondary N) is 2. The minimum Gasteiger partial charge on any atom is -0.494 e. The first-order valence-electron chi connectivity index (χ1n) is 7.02. The summed E-state index contributed by atoms with van der Waals surface area (Å²) >= 11 is 0. The fraction of sp³-hybridized carbons (Fsp3) is 0.200. The molecule has 2 heterocycles. The summed E-state index contributed by atoms with van der Waals surface area (Å²) in [7, 11) is 0. The molecular weight excluding hydrogens is 280 g/mol. The van der Waals surface area contributed by atoms with E-state index in [0.717, 1.165) is 22.7 Å². The molecule has 0 spiro atoms. The average molecular weight is 297 g/mol. The van der Waals surface area contributed by atoms with Crippen LogP contribution in [0.15, 0.2) is 47.8 Å². The molecule has 0 saturated heterocycles. The van der Waals surface area contributed by atoms with Gasteiger partial charge in [-0.2, -0.15) is 5.10 Å². The molecule has 3 aromatic rings. The summed E-state index contributed by atoms with van der Waals surface area (Å²) in [6.07, 6.45) is 1.67. The third kappa shape index (κ3) is 3.03. The number of anilines is 1. The number of benzene rings is 1. The van der Waals surface area contributed by atoms with Gasteiger partial charge in [0.05, 0.1) is 12.3 Å². The van der Waals surface area contributed by atoms with Gasteiger partial charge in [-0.25, -0.2) is 0 Å². The predicted molar refractivity (Wildman–Crippen MR) is 83.0 cm³/mol. The van der Waals surface area contributed by atoms with Crippen molar-refractivity contribution in [2.75, 3.05) is 12.0 Å². The molecule has 7 heteroatoms. The molecule has 0 amide bonds. The molecule has 2 aromatic heterocycles. The molecular formula is C15H17N6O+. The third-order valence-corrected chi connectivity index (χ3v) is 3.12. The number of aromatic nitrogens is 4. The molecule has 0 aliphatic carbocycles. The van der Waals surface area contributed by atoms with Gasteiger partial charge in [0.1, 0.15) is 5.75 Å². The Bertz CT molecular complexity index is 793. The van der Waals surface area contributed by atoms with E-state index in [1.54, 1.807) is 10.8 Å².